The van der Waals surface area contributed by atoms with Gasteiger partial charge in [0.1, 0.15) is 0 Å². The second-order valence-electron chi connectivity index (χ2n) is 9.94. The molecule has 4 fully saturated rings. The summed E-state index contributed by atoms with van der Waals surface area (Å²) < 4.78 is 0. The fourth-order valence-electron chi connectivity index (χ4n) is 5.65. The number of carbonyl (C=O) groups excluding carboxylic acids is 2. The van der Waals surface area contributed by atoms with Crippen molar-refractivity contribution in [3.8, 4) is 0 Å². The highest BCUT2D eigenvalue weighted by molar-refractivity contribution is 5.98. The first-order chi connectivity index (χ1) is 12.2. The molecule has 1 aromatic rings. The molecule has 4 heteroatoms. The van der Waals surface area contributed by atoms with Crippen molar-refractivity contribution >= 4 is 23.2 Å². The highest BCUT2D eigenvalue weighted by atomic mass is 16.2. The Bertz CT molecular complexity index is 697. The van der Waals surface area contributed by atoms with Crippen LogP contribution in [0.25, 0.3) is 0 Å². The average molecular weight is 354 g/mol. The maximum atomic E-state index is 13.2. The van der Waals surface area contributed by atoms with Crippen LogP contribution in [0.3, 0.4) is 0 Å². The Balaban J connectivity index is 1.47. The van der Waals surface area contributed by atoms with E-state index >= 15 is 0 Å². The fourth-order valence-corrected chi connectivity index (χ4v) is 5.65. The average Bonchev–Trinajstić information content (AvgIpc) is 2.53. The first-order valence-electron chi connectivity index (χ1n) is 9.96. The highest BCUT2D eigenvalue weighted by Crippen LogP contribution is 2.60. The topological polar surface area (TPSA) is 58.2 Å². The van der Waals surface area contributed by atoms with E-state index in [1.54, 1.807) is 0 Å². The second kappa shape index (κ2) is 6.11. The molecule has 0 atom stereocenters. The Morgan fingerprint density at radius 1 is 0.923 bits per heavy atom. The first kappa shape index (κ1) is 17.6. The van der Waals surface area contributed by atoms with Gasteiger partial charge < -0.3 is 10.6 Å². The minimum atomic E-state index is -0.446. The van der Waals surface area contributed by atoms with Crippen LogP contribution < -0.4 is 10.6 Å². The van der Waals surface area contributed by atoms with Crippen LogP contribution >= 0.6 is 0 Å². The Kier molecular flexibility index (Phi) is 4.13. The van der Waals surface area contributed by atoms with Crippen LogP contribution in [0.4, 0.5) is 11.4 Å². The molecule has 4 nitrogen and oxygen atoms in total. The Morgan fingerprint density at radius 2 is 1.42 bits per heavy atom. The first-order valence-corrected chi connectivity index (χ1v) is 9.96. The molecule has 4 aliphatic carbocycles. The second-order valence-corrected chi connectivity index (χ2v) is 9.94. The number of rotatable bonds is 3. The van der Waals surface area contributed by atoms with E-state index in [0.29, 0.717) is 0 Å². The van der Waals surface area contributed by atoms with Crippen LogP contribution in [0.2, 0.25) is 0 Å². The van der Waals surface area contributed by atoms with Crippen molar-refractivity contribution in [2.24, 2.45) is 28.6 Å². The standard InChI is InChI=1S/C22H30N2O2/c1-21(2,3)19(25)23-17-5-4-6-18(10-17)24-20(26)22-11-14-7-15(12-22)9-16(8-14)13-22/h4-6,10,14-16H,7-9,11-13H2,1-3H3,(H,23,25)(H,24,26). The fraction of sp³-hybridized carbons (Fsp3) is 0.636. The van der Waals surface area contributed by atoms with Crippen molar-refractivity contribution < 1.29 is 9.59 Å². The van der Waals surface area contributed by atoms with Crippen LogP contribution in [0, 0.1) is 28.6 Å². The van der Waals surface area contributed by atoms with E-state index in [-0.39, 0.29) is 17.2 Å². The normalized spacial score (nSPS) is 32.3. The maximum absolute atomic E-state index is 13.2. The lowest BCUT2D eigenvalue weighted by Crippen LogP contribution is -2.51. The smallest absolute Gasteiger partial charge is 0.230 e. The third-order valence-corrected chi connectivity index (χ3v) is 6.58. The molecule has 0 aromatic heterocycles. The van der Waals surface area contributed by atoms with Gasteiger partial charge in [0.15, 0.2) is 0 Å². The minimum absolute atomic E-state index is 0.0259. The summed E-state index contributed by atoms with van der Waals surface area (Å²) in [5.41, 5.74) is 0.906. The number of hydrogen-bond donors (Lipinski definition) is 2. The zero-order valence-electron chi connectivity index (χ0n) is 16.1. The van der Waals surface area contributed by atoms with E-state index in [0.717, 1.165) is 48.4 Å². The van der Waals surface area contributed by atoms with Crippen LogP contribution in [-0.2, 0) is 9.59 Å². The summed E-state index contributed by atoms with van der Waals surface area (Å²) in [6.07, 6.45) is 7.18. The molecule has 0 heterocycles. The van der Waals surface area contributed by atoms with E-state index in [1.807, 2.05) is 45.0 Å². The molecule has 0 radical (unpaired) electrons. The van der Waals surface area contributed by atoms with Crippen molar-refractivity contribution in [3.63, 3.8) is 0 Å². The number of nitrogens with one attached hydrogen (secondary N) is 2. The van der Waals surface area contributed by atoms with Crippen LogP contribution in [0.5, 0.6) is 0 Å². The molecule has 0 unspecified atom stereocenters. The molecule has 5 rings (SSSR count). The zero-order chi connectivity index (χ0) is 18.5. The number of hydrogen-bond acceptors (Lipinski definition) is 2. The molecule has 4 saturated carbocycles. The molecule has 140 valence electrons. The lowest BCUT2D eigenvalue weighted by atomic mass is 9.49. The molecular weight excluding hydrogens is 324 g/mol. The van der Waals surface area contributed by atoms with Gasteiger partial charge in [-0.1, -0.05) is 26.8 Å². The van der Waals surface area contributed by atoms with Gasteiger partial charge in [-0.2, -0.15) is 0 Å². The van der Waals surface area contributed by atoms with Gasteiger partial charge in [0.2, 0.25) is 11.8 Å². The molecule has 0 spiro atoms. The van der Waals surface area contributed by atoms with Gasteiger partial charge in [0.25, 0.3) is 0 Å². The monoisotopic (exact) mass is 354 g/mol. The van der Waals surface area contributed by atoms with Crippen molar-refractivity contribution in [3.05, 3.63) is 24.3 Å². The summed E-state index contributed by atoms with van der Waals surface area (Å²) in [6.45, 7) is 5.67. The van der Waals surface area contributed by atoms with Crippen LogP contribution in [0.15, 0.2) is 24.3 Å². The summed E-state index contributed by atoms with van der Waals surface area (Å²) in [6, 6.07) is 7.52. The third kappa shape index (κ3) is 3.26. The number of carbonyl (C=O) groups is 2. The molecular formula is C22H30N2O2. The molecule has 0 aliphatic heterocycles. The molecule has 26 heavy (non-hydrogen) atoms. The van der Waals surface area contributed by atoms with Crippen molar-refractivity contribution in [2.45, 2.75) is 59.3 Å². The molecule has 4 aliphatic rings. The minimum Gasteiger partial charge on any atom is -0.326 e. The Hall–Kier alpha value is -1.84. The van der Waals surface area contributed by atoms with Crippen molar-refractivity contribution in [1.82, 2.24) is 0 Å². The van der Waals surface area contributed by atoms with E-state index in [1.165, 1.54) is 19.3 Å². The number of anilines is 2. The third-order valence-electron chi connectivity index (χ3n) is 6.58. The van der Waals surface area contributed by atoms with E-state index in [2.05, 4.69) is 10.6 Å². The summed E-state index contributed by atoms with van der Waals surface area (Å²) >= 11 is 0. The lowest BCUT2D eigenvalue weighted by molar-refractivity contribution is -0.140. The summed E-state index contributed by atoms with van der Waals surface area (Å²) in [5.74, 6) is 2.43. The van der Waals surface area contributed by atoms with E-state index in [4.69, 9.17) is 0 Å². The van der Waals surface area contributed by atoms with E-state index in [9.17, 15) is 9.59 Å². The Labute approximate surface area is 156 Å². The molecule has 1 aromatic carbocycles. The van der Waals surface area contributed by atoms with Gasteiger partial charge in [-0.25, -0.2) is 0 Å². The van der Waals surface area contributed by atoms with Gasteiger partial charge in [-0.15, -0.1) is 0 Å². The number of amides is 2. The van der Waals surface area contributed by atoms with Gasteiger partial charge >= 0.3 is 0 Å². The molecule has 2 amide bonds. The molecule has 4 bridgehead atoms. The summed E-state index contributed by atoms with van der Waals surface area (Å²) in [4.78, 5) is 25.4. The maximum Gasteiger partial charge on any atom is 0.230 e. The lowest BCUT2D eigenvalue weighted by Gasteiger charge is -2.55. The van der Waals surface area contributed by atoms with E-state index < -0.39 is 5.41 Å². The quantitative estimate of drug-likeness (QED) is 0.817. The summed E-state index contributed by atoms with van der Waals surface area (Å²) in [7, 11) is 0. The summed E-state index contributed by atoms with van der Waals surface area (Å²) in [5, 5.41) is 6.10. The van der Waals surface area contributed by atoms with Crippen LogP contribution in [-0.4, -0.2) is 11.8 Å². The highest BCUT2D eigenvalue weighted by Gasteiger charge is 2.54. The molecule has 2 N–H and O–H groups in total. The predicted molar refractivity (Wildman–Crippen MR) is 104 cm³/mol. The van der Waals surface area contributed by atoms with Crippen LogP contribution in [0.1, 0.15) is 59.3 Å². The van der Waals surface area contributed by atoms with Gasteiger partial charge in [-0.3, -0.25) is 9.59 Å². The van der Waals surface area contributed by atoms with Crippen molar-refractivity contribution in [1.29, 1.82) is 0 Å². The molecule has 0 saturated heterocycles. The van der Waals surface area contributed by atoms with Crippen molar-refractivity contribution in [2.75, 3.05) is 10.6 Å². The largest absolute Gasteiger partial charge is 0.326 e. The zero-order valence-corrected chi connectivity index (χ0v) is 16.1. The van der Waals surface area contributed by atoms with Gasteiger partial charge in [0, 0.05) is 16.8 Å². The Morgan fingerprint density at radius 3 is 1.92 bits per heavy atom. The SMILES string of the molecule is CC(C)(C)C(=O)Nc1cccc(NC(=O)C23CC4CC(CC(C4)C2)C3)c1. The van der Waals surface area contributed by atoms with Gasteiger partial charge in [-0.05, 0) is 74.5 Å². The predicted octanol–water partition coefficient (Wildman–Crippen LogP) is 4.83. The van der Waals surface area contributed by atoms with Gasteiger partial charge in [0.05, 0.1) is 5.41 Å². The number of benzene rings is 1.